The summed E-state index contributed by atoms with van der Waals surface area (Å²) in [6.07, 6.45) is 1.59. The van der Waals surface area contributed by atoms with E-state index in [0.29, 0.717) is 0 Å². The second kappa shape index (κ2) is 4.26. The number of pyridine rings is 1. The summed E-state index contributed by atoms with van der Waals surface area (Å²) in [5.74, 6) is 0. The Kier molecular flexibility index (Phi) is 2.80. The summed E-state index contributed by atoms with van der Waals surface area (Å²) in [5, 5.41) is 8.86. The molecule has 0 atom stereocenters. The number of nitrogens with zero attached hydrogens (tertiary/aromatic N) is 2. The highest BCUT2D eigenvalue weighted by Crippen LogP contribution is 2.11. The van der Waals surface area contributed by atoms with E-state index in [1.165, 1.54) is 11.6 Å². The van der Waals surface area contributed by atoms with Crippen LogP contribution < -0.4 is 5.43 Å². The van der Waals surface area contributed by atoms with Crippen molar-refractivity contribution in [2.24, 2.45) is 0 Å². The summed E-state index contributed by atoms with van der Waals surface area (Å²) in [5.41, 5.74) is 2.87. The number of rotatable bonds is 1. The molecule has 0 aliphatic rings. The Balaban J connectivity index is 2.64. The SMILES string of the molecule is Cc1ccc(-n2cc(C#N)c(=O)cc2C)cc1. The Morgan fingerprint density at radius 1 is 1.18 bits per heavy atom. The van der Waals surface area contributed by atoms with Gasteiger partial charge < -0.3 is 4.57 Å². The van der Waals surface area contributed by atoms with E-state index in [1.54, 1.807) is 6.20 Å². The second-order valence-electron chi connectivity index (χ2n) is 4.01. The Morgan fingerprint density at radius 3 is 2.41 bits per heavy atom. The van der Waals surface area contributed by atoms with Crippen molar-refractivity contribution < 1.29 is 0 Å². The molecule has 0 saturated heterocycles. The van der Waals surface area contributed by atoms with Crippen LogP contribution in [0.15, 0.2) is 41.3 Å². The van der Waals surface area contributed by atoms with Gasteiger partial charge in [0, 0.05) is 23.6 Å². The molecule has 1 aromatic carbocycles. The quantitative estimate of drug-likeness (QED) is 0.746. The zero-order valence-electron chi connectivity index (χ0n) is 9.77. The largest absolute Gasteiger partial charge is 0.320 e. The van der Waals surface area contributed by atoms with Gasteiger partial charge in [-0.3, -0.25) is 4.79 Å². The lowest BCUT2D eigenvalue weighted by molar-refractivity contribution is 0.967. The van der Waals surface area contributed by atoms with E-state index in [4.69, 9.17) is 5.26 Å². The number of benzene rings is 1. The first kappa shape index (κ1) is 11.2. The van der Waals surface area contributed by atoms with Gasteiger partial charge in [0.2, 0.25) is 0 Å². The maximum Gasteiger partial charge on any atom is 0.199 e. The van der Waals surface area contributed by atoms with Crippen molar-refractivity contribution in [1.29, 1.82) is 5.26 Å². The van der Waals surface area contributed by atoms with Gasteiger partial charge in [-0.1, -0.05) is 17.7 Å². The molecular formula is C14H12N2O. The summed E-state index contributed by atoms with van der Waals surface area (Å²) in [7, 11) is 0. The van der Waals surface area contributed by atoms with Gasteiger partial charge in [-0.25, -0.2) is 0 Å². The van der Waals surface area contributed by atoms with Crippen molar-refractivity contribution in [1.82, 2.24) is 4.57 Å². The molecule has 0 spiro atoms. The molecule has 0 amide bonds. The van der Waals surface area contributed by atoms with Crippen molar-refractivity contribution in [2.45, 2.75) is 13.8 Å². The Labute approximate surface area is 99.6 Å². The van der Waals surface area contributed by atoms with Gasteiger partial charge in [0.05, 0.1) is 0 Å². The predicted molar refractivity (Wildman–Crippen MR) is 66.2 cm³/mol. The molecule has 84 valence electrons. The van der Waals surface area contributed by atoms with Crippen LogP contribution in [0.2, 0.25) is 0 Å². The fourth-order valence-electron chi connectivity index (χ4n) is 1.70. The van der Waals surface area contributed by atoms with Crippen LogP contribution >= 0.6 is 0 Å². The first-order chi connectivity index (χ1) is 8.11. The molecule has 0 aliphatic heterocycles. The fraction of sp³-hybridized carbons (Fsp3) is 0.143. The lowest BCUT2D eigenvalue weighted by atomic mass is 10.2. The lowest BCUT2D eigenvalue weighted by Gasteiger charge is -2.10. The predicted octanol–water partition coefficient (Wildman–Crippen LogP) is 2.33. The summed E-state index contributed by atoms with van der Waals surface area (Å²) in [6, 6.07) is 11.3. The third-order valence-corrected chi connectivity index (χ3v) is 2.68. The third-order valence-electron chi connectivity index (χ3n) is 2.68. The zero-order chi connectivity index (χ0) is 12.4. The summed E-state index contributed by atoms with van der Waals surface area (Å²) in [6.45, 7) is 3.87. The van der Waals surface area contributed by atoms with Gasteiger partial charge in [-0.2, -0.15) is 5.26 Å². The molecule has 2 rings (SSSR count). The Hall–Kier alpha value is -2.34. The van der Waals surface area contributed by atoms with Crippen LogP contribution in [0, 0.1) is 25.2 Å². The van der Waals surface area contributed by atoms with Crippen molar-refractivity contribution in [3.8, 4) is 11.8 Å². The molecular weight excluding hydrogens is 212 g/mol. The van der Waals surface area contributed by atoms with E-state index in [9.17, 15) is 4.79 Å². The van der Waals surface area contributed by atoms with Crippen LogP contribution in [-0.4, -0.2) is 4.57 Å². The van der Waals surface area contributed by atoms with Gasteiger partial charge in [-0.05, 0) is 26.0 Å². The summed E-state index contributed by atoms with van der Waals surface area (Å²) < 4.78 is 1.85. The van der Waals surface area contributed by atoms with Crippen LogP contribution in [0.3, 0.4) is 0 Å². The number of aromatic nitrogens is 1. The minimum Gasteiger partial charge on any atom is -0.320 e. The molecule has 2 aromatic rings. The van der Waals surface area contributed by atoms with Gasteiger partial charge >= 0.3 is 0 Å². The normalized spacial score (nSPS) is 9.94. The number of hydrogen-bond acceptors (Lipinski definition) is 2. The highest BCUT2D eigenvalue weighted by Gasteiger charge is 2.04. The minimum atomic E-state index is -0.228. The van der Waals surface area contributed by atoms with E-state index < -0.39 is 0 Å². The molecule has 0 unspecified atom stereocenters. The molecule has 0 bridgehead atoms. The molecule has 0 aliphatic carbocycles. The molecule has 0 radical (unpaired) electrons. The van der Waals surface area contributed by atoms with E-state index in [-0.39, 0.29) is 11.0 Å². The highest BCUT2D eigenvalue weighted by molar-refractivity contribution is 5.39. The monoisotopic (exact) mass is 224 g/mol. The lowest BCUT2D eigenvalue weighted by Crippen LogP contribution is -2.11. The van der Waals surface area contributed by atoms with Gasteiger partial charge in [0.25, 0.3) is 0 Å². The number of hydrogen-bond donors (Lipinski definition) is 0. The Bertz CT molecular complexity index is 645. The smallest absolute Gasteiger partial charge is 0.199 e. The summed E-state index contributed by atoms with van der Waals surface area (Å²) >= 11 is 0. The van der Waals surface area contributed by atoms with Crippen LogP contribution in [0.4, 0.5) is 0 Å². The zero-order valence-corrected chi connectivity index (χ0v) is 9.77. The molecule has 17 heavy (non-hydrogen) atoms. The third kappa shape index (κ3) is 2.11. The van der Waals surface area contributed by atoms with Crippen LogP contribution in [0.1, 0.15) is 16.8 Å². The van der Waals surface area contributed by atoms with Crippen LogP contribution in [0.25, 0.3) is 5.69 Å². The van der Waals surface area contributed by atoms with Crippen LogP contribution in [0.5, 0.6) is 0 Å². The van der Waals surface area contributed by atoms with E-state index in [2.05, 4.69) is 0 Å². The van der Waals surface area contributed by atoms with Crippen molar-refractivity contribution >= 4 is 0 Å². The molecule has 3 nitrogen and oxygen atoms in total. The van der Waals surface area contributed by atoms with Crippen molar-refractivity contribution in [3.05, 3.63) is 63.6 Å². The van der Waals surface area contributed by atoms with Crippen LogP contribution in [-0.2, 0) is 0 Å². The minimum absolute atomic E-state index is 0.163. The van der Waals surface area contributed by atoms with Gasteiger partial charge in [-0.15, -0.1) is 0 Å². The molecule has 0 N–H and O–H groups in total. The summed E-state index contributed by atoms with van der Waals surface area (Å²) in [4.78, 5) is 11.5. The maximum absolute atomic E-state index is 11.5. The first-order valence-electron chi connectivity index (χ1n) is 5.32. The average molecular weight is 224 g/mol. The number of nitriles is 1. The van der Waals surface area contributed by atoms with Crippen molar-refractivity contribution in [3.63, 3.8) is 0 Å². The second-order valence-corrected chi connectivity index (χ2v) is 4.01. The highest BCUT2D eigenvalue weighted by atomic mass is 16.1. The first-order valence-corrected chi connectivity index (χ1v) is 5.32. The van der Waals surface area contributed by atoms with Gasteiger partial charge in [0.15, 0.2) is 5.43 Å². The maximum atomic E-state index is 11.5. The van der Waals surface area contributed by atoms with E-state index >= 15 is 0 Å². The van der Waals surface area contributed by atoms with Crippen molar-refractivity contribution in [2.75, 3.05) is 0 Å². The Morgan fingerprint density at radius 2 is 1.82 bits per heavy atom. The standard InChI is InChI=1S/C14H12N2O/c1-10-3-5-13(6-4-10)16-9-12(8-15)14(17)7-11(16)2/h3-7,9H,1-2H3. The molecule has 0 fully saturated rings. The topological polar surface area (TPSA) is 45.8 Å². The molecule has 1 aromatic heterocycles. The number of aryl methyl sites for hydroxylation is 2. The molecule has 0 saturated carbocycles. The average Bonchev–Trinajstić information content (AvgIpc) is 2.31. The van der Waals surface area contributed by atoms with E-state index in [1.807, 2.05) is 48.7 Å². The molecule has 1 heterocycles. The van der Waals surface area contributed by atoms with Gasteiger partial charge in [0.1, 0.15) is 11.6 Å². The fourth-order valence-corrected chi connectivity index (χ4v) is 1.70. The molecule has 3 heteroatoms. The van der Waals surface area contributed by atoms with E-state index in [0.717, 1.165) is 11.4 Å².